The van der Waals surface area contributed by atoms with Gasteiger partial charge >= 0.3 is 0 Å². The van der Waals surface area contributed by atoms with E-state index in [1.165, 1.54) is 25.9 Å². The second kappa shape index (κ2) is 9.56. The van der Waals surface area contributed by atoms with Crippen molar-refractivity contribution in [2.45, 2.75) is 45.6 Å². The monoisotopic (exact) mass is 291 g/mol. The third-order valence-electron chi connectivity index (χ3n) is 4.25. The van der Waals surface area contributed by atoms with Crippen molar-refractivity contribution in [2.75, 3.05) is 26.7 Å². The van der Waals surface area contributed by atoms with Crippen LogP contribution in [0.5, 0.6) is 0 Å². The van der Waals surface area contributed by atoms with E-state index >= 15 is 0 Å². The van der Waals surface area contributed by atoms with Gasteiger partial charge in [-0.15, -0.1) is 12.4 Å². The number of carbonyl (C=O) groups excluding carboxylic acids is 1. The molecule has 2 atom stereocenters. The molecule has 1 saturated heterocycles. The number of nitrogens with one attached hydrogen (secondary N) is 1. The number of hydrogen-bond donors (Lipinski definition) is 2. The Labute approximate surface area is 123 Å². The first kappa shape index (κ1) is 18.7. The molecule has 1 heterocycles. The summed E-state index contributed by atoms with van der Waals surface area (Å²) >= 11 is 0. The Hall–Kier alpha value is -0.320. The molecule has 1 amide bonds. The van der Waals surface area contributed by atoms with E-state index < -0.39 is 0 Å². The highest BCUT2D eigenvalue weighted by molar-refractivity contribution is 5.85. The highest BCUT2D eigenvalue weighted by Gasteiger charge is 2.20. The number of amides is 1. The minimum atomic E-state index is -0.354. The molecule has 0 spiro atoms. The number of halogens is 1. The summed E-state index contributed by atoms with van der Waals surface area (Å²) in [6.07, 6.45) is 4.55. The van der Waals surface area contributed by atoms with Gasteiger partial charge in [-0.3, -0.25) is 4.79 Å². The van der Waals surface area contributed by atoms with Gasteiger partial charge in [-0.1, -0.05) is 20.3 Å². The van der Waals surface area contributed by atoms with Crippen molar-refractivity contribution in [3.8, 4) is 0 Å². The first-order chi connectivity index (χ1) is 8.54. The molecule has 0 radical (unpaired) electrons. The van der Waals surface area contributed by atoms with Crippen molar-refractivity contribution in [2.24, 2.45) is 17.6 Å². The topological polar surface area (TPSA) is 58.4 Å². The average Bonchev–Trinajstić information content (AvgIpc) is 2.39. The van der Waals surface area contributed by atoms with E-state index in [-0.39, 0.29) is 30.3 Å². The maximum atomic E-state index is 11.8. The lowest BCUT2D eigenvalue weighted by Crippen LogP contribution is -2.45. The lowest BCUT2D eigenvalue weighted by atomic mass is 9.93. The summed E-state index contributed by atoms with van der Waals surface area (Å²) in [5, 5.41) is 2.98. The molecule has 0 aliphatic carbocycles. The van der Waals surface area contributed by atoms with Crippen LogP contribution in [0.1, 0.15) is 39.5 Å². The fourth-order valence-corrected chi connectivity index (χ4v) is 2.38. The number of nitrogens with two attached hydrogens (primary N) is 1. The van der Waals surface area contributed by atoms with E-state index in [1.54, 1.807) is 0 Å². The van der Waals surface area contributed by atoms with Gasteiger partial charge in [-0.25, -0.2) is 0 Å². The van der Waals surface area contributed by atoms with Gasteiger partial charge in [0.05, 0.1) is 6.04 Å². The number of nitrogens with zero attached hydrogens (tertiary/aromatic N) is 1. The summed E-state index contributed by atoms with van der Waals surface area (Å²) in [6, 6.07) is -0.354. The van der Waals surface area contributed by atoms with Crippen LogP contribution >= 0.6 is 12.4 Å². The number of piperidine rings is 1. The number of rotatable bonds is 6. The van der Waals surface area contributed by atoms with Gasteiger partial charge in [0.25, 0.3) is 0 Å². The Kier molecular flexibility index (Phi) is 9.40. The summed E-state index contributed by atoms with van der Waals surface area (Å²) in [7, 11) is 2.17. The van der Waals surface area contributed by atoms with E-state index in [4.69, 9.17) is 5.73 Å². The average molecular weight is 292 g/mol. The molecule has 1 fully saturated rings. The molecule has 1 aliphatic heterocycles. The van der Waals surface area contributed by atoms with Crippen molar-refractivity contribution in [1.82, 2.24) is 10.2 Å². The van der Waals surface area contributed by atoms with E-state index in [0.717, 1.165) is 25.3 Å². The van der Waals surface area contributed by atoms with Crippen molar-refractivity contribution >= 4 is 18.3 Å². The molecular formula is C14H30ClN3O. The Balaban J connectivity index is 0.00000324. The van der Waals surface area contributed by atoms with Gasteiger partial charge in [0.15, 0.2) is 0 Å². The number of hydrogen-bond acceptors (Lipinski definition) is 3. The highest BCUT2D eigenvalue weighted by atomic mass is 35.5. The second-order valence-corrected chi connectivity index (χ2v) is 5.74. The Bertz CT molecular complexity index is 255. The van der Waals surface area contributed by atoms with Crippen LogP contribution in [0.2, 0.25) is 0 Å². The van der Waals surface area contributed by atoms with Gasteiger partial charge in [0, 0.05) is 6.54 Å². The first-order valence-electron chi connectivity index (χ1n) is 7.26. The SMILES string of the molecule is CCC(C)C(N)C(=O)NCCC1CCN(C)CC1.Cl. The van der Waals surface area contributed by atoms with Crippen LogP contribution in [0.4, 0.5) is 0 Å². The molecule has 0 saturated carbocycles. The maximum absolute atomic E-state index is 11.8. The predicted molar refractivity (Wildman–Crippen MR) is 82.5 cm³/mol. The van der Waals surface area contributed by atoms with Crippen LogP contribution in [0, 0.1) is 11.8 Å². The molecule has 1 aliphatic rings. The zero-order valence-corrected chi connectivity index (χ0v) is 13.3. The Morgan fingerprint density at radius 2 is 2.00 bits per heavy atom. The summed E-state index contributed by atoms with van der Waals surface area (Å²) in [5.74, 6) is 1.03. The fraction of sp³-hybridized carbons (Fsp3) is 0.929. The summed E-state index contributed by atoms with van der Waals surface area (Å²) < 4.78 is 0. The van der Waals surface area contributed by atoms with Gasteiger partial charge < -0.3 is 16.0 Å². The molecular weight excluding hydrogens is 262 g/mol. The molecule has 0 aromatic heterocycles. The third kappa shape index (κ3) is 6.59. The summed E-state index contributed by atoms with van der Waals surface area (Å²) in [5.41, 5.74) is 5.89. The van der Waals surface area contributed by atoms with Gasteiger partial charge in [-0.2, -0.15) is 0 Å². The van der Waals surface area contributed by atoms with Crippen molar-refractivity contribution < 1.29 is 4.79 Å². The van der Waals surface area contributed by atoms with Crippen molar-refractivity contribution in [3.05, 3.63) is 0 Å². The molecule has 2 unspecified atom stereocenters. The van der Waals surface area contributed by atoms with E-state index in [1.807, 2.05) is 6.92 Å². The first-order valence-corrected chi connectivity index (χ1v) is 7.26. The largest absolute Gasteiger partial charge is 0.355 e. The van der Waals surface area contributed by atoms with E-state index in [0.29, 0.717) is 0 Å². The molecule has 114 valence electrons. The predicted octanol–water partition coefficient (Wildman–Crippen LogP) is 1.63. The number of likely N-dealkylation sites (tertiary alicyclic amines) is 1. The minimum absolute atomic E-state index is 0. The van der Waals surface area contributed by atoms with Crippen LogP contribution in [-0.4, -0.2) is 43.5 Å². The molecule has 1 rings (SSSR count). The van der Waals surface area contributed by atoms with Crippen LogP contribution in [0.3, 0.4) is 0 Å². The van der Waals surface area contributed by atoms with Gasteiger partial charge in [0.1, 0.15) is 0 Å². The normalized spacial score (nSPS) is 20.4. The molecule has 3 N–H and O–H groups in total. The van der Waals surface area contributed by atoms with Crippen LogP contribution in [0.25, 0.3) is 0 Å². The lowest BCUT2D eigenvalue weighted by molar-refractivity contribution is -0.123. The van der Waals surface area contributed by atoms with Crippen LogP contribution in [0.15, 0.2) is 0 Å². The van der Waals surface area contributed by atoms with Crippen LogP contribution in [-0.2, 0) is 4.79 Å². The van der Waals surface area contributed by atoms with Gasteiger partial charge in [-0.05, 0) is 51.2 Å². The van der Waals surface area contributed by atoms with Crippen LogP contribution < -0.4 is 11.1 Å². The Morgan fingerprint density at radius 1 is 1.42 bits per heavy atom. The van der Waals surface area contributed by atoms with Crippen molar-refractivity contribution in [1.29, 1.82) is 0 Å². The van der Waals surface area contributed by atoms with Gasteiger partial charge in [0.2, 0.25) is 5.91 Å². The molecule has 4 nitrogen and oxygen atoms in total. The van der Waals surface area contributed by atoms with Crippen molar-refractivity contribution in [3.63, 3.8) is 0 Å². The molecule has 0 aromatic carbocycles. The summed E-state index contributed by atoms with van der Waals surface area (Å²) in [4.78, 5) is 14.2. The smallest absolute Gasteiger partial charge is 0.237 e. The zero-order valence-electron chi connectivity index (χ0n) is 12.5. The molecule has 0 aromatic rings. The third-order valence-corrected chi connectivity index (χ3v) is 4.25. The molecule has 5 heteroatoms. The minimum Gasteiger partial charge on any atom is -0.355 e. The molecule has 0 bridgehead atoms. The highest BCUT2D eigenvalue weighted by Crippen LogP contribution is 2.18. The standard InChI is InChI=1S/C14H29N3O.ClH/c1-4-11(2)13(15)14(18)16-8-5-12-6-9-17(3)10-7-12;/h11-13H,4-10,15H2,1-3H3,(H,16,18);1H. The maximum Gasteiger partial charge on any atom is 0.237 e. The zero-order chi connectivity index (χ0) is 13.5. The van der Waals surface area contributed by atoms with E-state index in [2.05, 4.69) is 24.2 Å². The Morgan fingerprint density at radius 3 is 2.53 bits per heavy atom. The van der Waals surface area contributed by atoms with E-state index in [9.17, 15) is 4.79 Å². The quantitative estimate of drug-likeness (QED) is 0.782. The lowest BCUT2D eigenvalue weighted by Gasteiger charge is -2.29. The summed E-state index contributed by atoms with van der Waals surface area (Å²) in [6.45, 7) is 7.24. The second-order valence-electron chi connectivity index (χ2n) is 5.74. The fourth-order valence-electron chi connectivity index (χ4n) is 2.38. The number of carbonyl (C=O) groups is 1. The molecule has 19 heavy (non-hydrogen) atoms.